The number of pyridine rings is 1. The fourth-order valence-corrected chi connectivity index (χ4v) is 1.22. The van der Waals surface area contributed by atoms with Gasteiger partial charge in [0.05, 0.1) is 11.8 Å². The van der Waals surface area contributed by atoms with Crippen LogP contribution in [0.4, 0.5) is 0 Å². The number of hydrogen-bond donors (Lipinski definition) is 3. The van der Waals surface area contributed by atoms with Gasteiger partial charge in [0.15, 0.2) is 0 Å². The molecule has 1 aromatic rings. The number of rotatable bonds is 5. The molecule has 0 aromatic carbocycles. The van der Waals surface area contributed by atoms with Crippen LogP contribution in [0, 0.1) is 5.92 Å². The first-order valence-corrected chi connectivity index (χ1v) is 5.70. The van der Waals surface area contributed by atoms with Crippen molar-refractivity contribution in [3.05, 3.63) is 24.0 Å². The molecule has 0 aliphatic rings. The lowest BCUT2D eigenvalue weighted by Crippen LogP contribution is -2.36. The Morgan fingerprint density at radius 1 is 1.28 bits per heavy atom. The van der Waals surface area contributed by atoms with Crippen molar-refractivity contribution in [2.45, 2.75) is 13.8 Å². The van der Waals surface area contributed by atoms with Gasteiger partial charge in [0, 0.05) is 25.2 Å². The van der Waals surface area contributed by atoms with E-state index in [1.807, 2.05) is 0 Å². The van der Waals surface area contributed by atoms with Crippen LogP contribution >= 0.6 is 0 Å². The van der Waals surface area contributed by atoms with Crippen LogP contribution in [0.2, 0.25) is 0 Å². The Morgan fingerprint density at radius 2 is 1.94 bits per heavy atom. The summed E-state index contributed by atoms with van der Waals surface area (Å²) in [5.41, 5.74) is 0.283. The van der Waals surface area contributed by atoms with Crippen molar-refractivity contribution in [1.82, 2.24) is 15.6 Å². The van der Waals surface area contributed by atoms with Gasteiger partial charge in [-0.05, 0) is 6.07 Å². The van der Waals surface area contributed by atoms with Gasteiger partial charge < -0.3 is 15.7 Å². The molecule has 18 heavy (non-hydrogen) atoms. The number of amides is 2. The van der Waals surface area contributed by atoms with Gasteiger partial charge in [-0.25, -0.2) is 0 Å². The van der Waals surface area contributed by atoms with Crippen LogP contribution in [0.5, 0.6) is 5.75 Å². The van der Waals surface area contributed by atoms with E-state index < -0.39 is 0 Å². The van der Waals surface area contributed by atoms with Gasteiger partial charge >= 0.3 is 0 Å². The SMILES string of the molecule is CC(C)C(=O)NCCNC(=O)c1cncc(O)c1. The van der Waals surface area contributed by atoms with E-state index in [0.29, 0.717) is 13.1 Å². The second-order valence-corrected chi connectivity index (χ2v) is 4.13. The minimum absolute atomic E-state index is 0.0525. The van der Waals surface area contributed by atoms with Crippen LogP contribution in [0.3, 0.4) is 0 Å². The summed E-state index contributed by atoms with van der Waals surface area (Å²) in [5.74, 6) is -0.521. The molecule has 6 heteroatoms. The molecular weight excluding hydrogens is 234 g/mol. The number of aromatic nitrogens is 1. The highest BCUT2D eigenvalue weighted by molar-refractivity contribution is 5.94. The number of nitrogens with one attached hydrogen (secondary N) is 2. The maximum absolute atomic E-state index is 11.6. The summed E-state index contributed by atoms with van der Waals surface area (Å²) >= 11 is 0. The molecule has 2 amide bonds. The minimum Gasteiger partial charge on any atom is -0.506 e. The van der Waals surface area contributed by atoms with Crippen molar-refractivity contribution in [2.75, 3.05) is 13.1 Å². The largest absolute Gasteiger partial charge is 0.506 e. The lowest BCUT2D eigenvalue weighted by Gasteiger charge is -2.08. The van der Waals surface area contributed by atoms with E-state index in [1.54, 1.807) is 13.8 Å². The second-order valence-electron chi connectivity index (χ2n) is 4.13. The predicted molar refractivity (Wildman–Crippen MR) is 66.1 cm³/mol. The van der Waals surface area contributed by atoms with Gasteiger partial charge in [-0.2, -0.15) is 0 Å². The topological polar surface area (TPSA) is 91.3 Å². The summed E-state index contributed by atoms with van der Waals surface area (Å²) in [7, 11) is 0. The summed E-state index contributed by atoms with van der Waals surface area (Å²) in [5, 5.41) is 14.5. The van der Waals surface area contributed by atoms with E-state index in [4.69, 9.17) is 5.11 Å². The third-order valence-corrected chi connectivity index (χ3v) is 2.22. The molecule has 1 aromatic heterocycles. The number of carbonyl (C=O) groups excluding carboxylic acids is 2. The van der Waals surface area contributed by atoms with Crippen LogP contribution in [0.1, 0.15) is 24.2 Å². The molecule has 0 saturated heterocycles. The van der Waals surface area contributed by atoms with E-state index in [0.717, 1.165) is 0 Å². The number of carbonyl (C=O) groups is 2. The molecule has 0 aliphatic heterocycles. The number of nitrogens with zero attached hydrogens (tertiary/aromatic N) is 1. The average Bonchev–Trinajstić information content (AvgIpc) is 2.33. The first-order valence-electron chi connectivity index (χ1n) is 5.70. The van der Waals surface area contributed by atoms with Gasteiger partial charge in [0.2, 0.25) is 5.91 Å². The van der Waals surface area contributed by atoms with E-state index >= 15 is 0 Å². The average molecular weight is 251 g/mol. The molecule has 0 fully saturated rings. The molecule has 98 valence electrons. The molecule has 0 radical (unpaired) electrons. The monoisotopic (exact) mass is 251 g/mol. The highest BCUT2D eigenvalue weighted by Gasteiger charge is 2.07. The van der Waals surface area contributed by atoms with Crippen LogP contribution in [-0.2, 0) is 4.79 Å². The zero-order valence-corrected chi connectivity index (χ0v) is 10.4. The maximum Gasteiger partial charge on any atom is 0.253 e. The molecule has 0 aliphatic carbocycles. The Kier molecular flexibility index (Phi) is 5.10. The third kappa shape index (κ3) is 4.40. The maximum atomic E-state index is 11.6. The standard InChI is InChI=1S/C12H17N3O3/c1-8(2)11(17)14-3-4-15-12(18)9-5-10(16)7-13-6-9/h5-8,16H,3-4H2,1-2H3,(H,14,17)(H,15,18). The normalized spacial score (nSPS) is 10.2. The van der Waals surface area contributed by atoms with Crippen LogP contribution in [-0.4, -0.2) is 35.0 Å². The van der Waals surface area contributed by atoms with Gasteiger partial charge in [-0.3, -0.25) is 14.6 Å². The molecule has 0 bridgehead atoms. The lowest BCUT2D eigenvalue weighted by molar-refractivity contribution is -0.123. The van der Waals surface area contributed by atoms with Crippen molar-refractivity contribution < 1.29 is 14.7 Å². The van der Waals surface area contributed by atoms with Crippen molar-refractivity contribution in [3.8, 4) is 5.75 Å². The van der Waals surface area contributed by atoms with Gasteiger partial charge in [-0.1, -0.05) is 13.8 Å². The Labute approximate surface area is 105 Å². The Morgan fingerprint density at radius 3 is 2.56 bits per heavy atom. The first kappa shape index (κ1) is 14.0. The fraction of sp³-hybridized carbons (Fsp3) is 0.417. The van der Waals surface area contributed by atoms with Crippen molar-refractivity contribution in [2.24, 2.45) is 5.92 Å². The first-order chi connectivity index (χ1) is 8.50. The summed E-state index contributed by atoms with van der Waals surface area (Å²) in [6, 6.07) is 1.33. The van der Waals surface area contributed by atoms with Gasteiger partial charge in [0.1, 0.15) is 5.75 Å². The molecule has 1 rings (SSSR count). The second kappa shape index (κ2) is 6.58. The van der Waals surface area contributed by atoms with Crippen molar-refractivity contribution in [3.63, 3.8) is 0 Å². The highest BCUT2D eigenvalue weighted by atomic mass is 16.3. The van der Waals surface area contributed by atoms with Crippen molar-refractivity contribution in [1.29, 1.82) is 0 Å². The lowest BCUT2D eigenvalue weighted by atomic mass is 10.2. The summed E-state index contributed by atoms with van der Waals surface area (Å²) in [6.07, 6.45) is 2.61. The summed E-state index contributed by atoms with van der Waals surface area (Å²) in [6.45, 7) is 4.29. The molecule has 0 unspecified atom stereocenters. The fourth-order valence-electron chi connectivity index (χ4n) is 1.22. The smallest absolute Gasteiger partial charge is 0.253 e. The number of aromatic hydroxyl groups is 1. The van der Waals surface area contributed by atoms with Crippen LogP contribution in [0.25, 0.3) is 0 Å². The zero-order chi connectivity index (χ0) is 13.5. The highest BCUT2D eigenvalue weighted by Crippen LogP contribution is 2.07. The van der Waals surface area contributed by atoms with Crippen LogP contribution in [0.15, 0.2) is 18.5 Å². The molecule has 0 atom stereocenters. The third-order valence-electron chi connectivity index (χ3n) is 2.22. The Balaban J connectivity index is 2.32. The van der Waals surface area contributed by atoms with E-state index in [9.17, 15) is 9.59 Å². The molecule has 3 N–H and O–H groups in total. The summed E-state index contributed by atoms with van der Waals surface area (Å²) in [4.78, 5) is 26.5. The number of hydrogen-bond acceptors (Lipinski definition) is 4. The Bertz CT molecular complexity index is 432. The molecule has 1 heterocycles. The predicted octanol–water partition coefficient (Wildman–Crippen LogP) is 0.289. The van der Waals surface area contributed by atoms with Crippen LogP contribution < -0.4 is 10.6 Å². The van der Waals surface area contributed by atoms with Gasteiger partial charge in [-0.15, -0.1) is 0 Å². The van der Waals surface area contributed by atoms with Crippen molar-refractivity contribution >= 4 is 11.8 Å². The quantitative estimate of drug-likeness (QED) is 0.656. The molecule has 0 saturated carbocycles. The van der Waals surface area contributed by atoms with E-state index in [-0.39, 0.29) is 29.0 Å². The molecule has 0 spiro atoms. The molecule has 6 nitrogen and oxygen atoms in total. The van der Waals surface area contributed by atoms with Gasteiger partial charge in [0.25, 0.3) is 5.91 Å². The van der Waals surface area contributed by atoms with E-state index in [1.165, 1.54) is 18.5 Å². The zero-order valence-electron chi connectivity index (χ0n) is 10.4. The Hall–Kier alpha value is -2.11. The summed E-state index contributed by atoms with van der Waals surface area (Å²) < 4.78 is 0. The minimum atomic E-state index is -0.336. The molecular formula is C12H17N3O3. The van der Waals surface area contributed by atoms with E-state index in [2.05, 4.69) is 15.6 Å².